The van der Waals surface area contributed by atoms with Crippen molar-refractivity contribution in [2.75, 3.05) is 21.1 Å². The van der Waals surface area contributed by atoms with E-state index in [1.54, 1.807) is 0 Å². The third kappa shape index (κ3) is 2.05. The van der Waals surface area contributed by atoms with Gasteiger partial charge >= 0.3 is 0 Å². The predicted octanol–water partition coefficient (Wildman–Crippen LogP) is 1.99. The summed E-state index contributed by atoms with van der Waals surface area (Å²) in [5.41, 5.74) is 2.48. The molecule has 0 atom stereocenters. The highest BCUT2D eigenvalue weighted by molar-refractivity contribution is 5.41. The Kier molecular flexibility index (Phi) is 2.01. The molecule has 0 heterocycles. The maximum atomic E-state index is 3.19. The number of rotatable bonds is 1. The molecule has 0 saturated heterocycles. The topological polar surface area (TPSA) is 0 Å². The van der Waals surface area contributed by atoms with Crippen LogP contribution < -0.4 is 4.48 Å². The van der Waals surface area contributed by atoms with E-state index in [0.29, 0.717) is 0 Å². The number of benzene rings is 1. The smallest absolute Gasteiger partial charge is 0.132 e. The summed E-state index contributed by atoms with van der Waals surface area (Å²) < 4.78 is 0.858. The third-order valence-electron chi connectivity index (χ3n) is 1.73. The molecule has 0 saturated carbocycles. The number of quaternary nitrogens is 1. The summed E-state index contributed by atoms with van der Waals surface area (Å²) in [6, 6.07) is 9.48. The van der Waals surface area contributed by atoms with Crippen molar-refractivity contribution >= 4 is 5.69 Å². The molecule has 1 heteroatoms. The monoisotopic (exact) mass is 149 g/mol. The van der Waals surface area contributed by atoms with Gasteiger partial charge in [-0.3, -0.25) is 4.48 Å². The molecule has 0 aromatic heterocycles. The largest absolute Gasteiger partial charge is 0.298 e. The van der Waals surface area contributed by atoms with Crippen molar-refractivity contribution in [1.82, 2.24) is 4.48 Å². The maximum Gasteiger partial charge on any atom is 0.132 e. The lowest BCUT2D eigenvalue weighted by Gasteiger charge is -2.23. The van der Waals surface area contributed by atoms with Crippen molar-refractivity contribution in [1.29, 1.82) is 0 Å². The Hall–Kier alpha value is -0.820. The highest BCUT2D eigenvalue weighted by Gasteiger charge is 2.09. The van der Waals surface area contributed by atoms with E-state index in [4.69, 9.17) is 0 Å². The van der Waals surface area contributed by atoms with Gasteiger partial charge in [-0.2, -0.15) is 0 Å². The molecular weight excluding hydrogens is 134 g/mol. The summed E-state index contributed by atoms with van der Waals surface area (Å²) in [7, 11) is 6.45. The average molecular weight is 149 g/mol. The quantitative estimate of drug-likeness (QED) is 0.536. The minimum absolute atomic E-state index is 0.858. The molecule has 0 fully saturated rings. The summed E-state index contributed by atoms with van der Waals surface area (Å²) in [5, 5.41) is 0. The Morgan fingerprint density at radius 3 is 2.18 bits per heavy atom. The van der Waals surface area contributed by atoms with Crippen LogP contribution >= 0.6 is 0 Å². The molecule has 1 rings (SSSR count). The first-order chi connectivity index (χ1) is 5.00. The molecule has 0 aliphatic carbocycles. The zero-order chi connectivity index (χ0) is 8.48. The Morgan fingerprint density at radius 2 is 1.82 bits per heavy atom. The molecule has 0 N–H and O–H groups in total. The van der Waals surface area contributed by atoms with Crippen molar-refractivity contribution in [2.24, 2.45) is 0 Å². The molecule has 0 aliphatic heterocycles. The molecule has 59 valence electrons. The van der Waals surface area contributed by atoms with Gasteiger partial charge in [0.1, 0.15) is 5.69 Å². The van der Waals surface area contributed by atoms with Gasteiger partial charge in [-0.1, -0.05) is 6.07 Å². The van der Waals surface area contributed by atoms with E-state index in [9.17, 15) is 0 Å². The van der Waals surface area contributed by atoms with Crippen molar-refractivity contribution in [3.63, 3.8) is 0 Å². The van der Waals surface area contributed by atoms with E-state index >= 15 is 0 Å². The van der Waals surface area contributed by atoms with Gasteiger partial charge in [0.2, 0.25) is 0 Å². The fourth-order valence-corrected chi connectivity index (χ4v) is 0.912. The second-order valence-corrected chi connectivity index (χ2v) is 3.74. The molecule has 0 bridgehead atoms. The molecule has 1 aromatic carbocycles. The van der Waals surface area contributed by atoms with Crippen LogP contribution in [0.5, 0.6) is 0 Å². The van der Waals surface area contributed by atoms with Crippen LogP contribution in [0.25, 0.3) is 0 Å². The normalized spacial score (nSPS) is 11.6. The lowest BCUT2D eigenvalue weighted by Crippen LogP contribution is -2.34. The lowest BCUT2D eigenvalue weighted by atomic mass is 10.2. The Bertz CT molecular complexity index is 228. The van der Waals surface area contributed by atoms with E-state index in [2.05, 4.69) is 52.3 Å². The van der Waals surface area contributed by atoms with Crippen LogP contribution in [0.1, 0.15) is 5.56 Å². The molecule has 1 aromatic rings. The van der Waals surface area contributed by atoms with Crippen LogP contribution in [0, 0.1) is 13.0 Å². The first-order valence-corrected chi connectivity index (χ1v) is 3.80. The van der Waals surface area contributed by atoms with Gasteiger partial charge in [0.15, 0.2) is 0 Å². The fraction of sp³-hybridized carbons (Fsp3) is 0.400. The highest BCUT2D eigenvalue weighted by atomic mass is 15.3. The SMILES string of the molecule is Cc1[c]cc([N+](C)(C)C)cc1. The summed E-state index contributed by atoms with van der Waals surface area (Å²) in [6.07, 6.45) is 0. The van der Waals surface area contributed by atoms with Gasteiger partial charge in [-0.25, -0.2) is 0 Å². The number of aryl methyl sites for hydroxylation is 1. The molecule has 11 heavy (non-hydrogen) atoms. The van der Waals surface area contributed by atoms with Crippen LogP contribution in [-0.2, 0) is 0 Å². The van der Waals surface area contributed by atoms with Crippen molar-refractivity contribution in [3.8, 4) is 0 Å². The first kappa shape index (κ1) is 8.28. The number of hydrogen-bond acceptors (Lipinski definition) is 0. The highest BCUT2D eigenvalue weighted by Crippen LogP contribution is 2.15. The standard InChI is InChI=1S/C10H15N/c1-9-5-7-10(8-6-9)11(2,3)4/h5,7-8H,1-4H3/q+1. The third-order valence-corrected chi connectivity index (χ3v) is 1.73. The molecular formula is C10H15N+. The van der Waals surface area contributed by atoms with Gasteiger partial charge in [-0.05, 0) is 24.6 Å². The van der Waals surface area contributed by atoms with Crippen LogP contribution in [0.4, 0.5) is 5.69 Å². The van der Waals surface area contributed by atoms with Crippen LogP contribution in [-0.4, -0.2) is 21.1 Å². The van der Waals surface area contributed by atoms with E-state index in [1.807, 2.05) is 0 Å². The van der Waals surface area contributed by atoms with Gasteiger partial charge in [0, 0.05) is 6.07 Å². The van der Waals surface area contributed by atoms with E-state index < -0.39 is 0 Å². The molecule has 0 unspecified atom stereocenters. The average Bonchev–Trinajstić information content (AvgIpc) is 1.86. The van der Waals surface area contributed by atoms with Gasteiger partial charge in [0.05, 0.1) is 21.1 Å². The second-order valence-electron chi connectivity index (χ2n) is 3.74. The Balaban J connectivity index is 2.99. The molecule has 0 amide bonds. The minimum atomic E-state index is 0.858. The first-order valence-electron chi connectivity index (χ1n) is 3.80. The summed E-state index contributed by atoms with van der Waals surface area (Å²) >= 11 is 0. The van der Waals surface area contributed by atoms with E-state index in [0.717, 1.165) is 4.48 Å². The zero-order valence-electron chi connectivity index (χ0n) is 7.68. The van der Waals surface area contributed by atoms with Crippen LogP contribution in [0.15, 0.2) is 18.2 Å². The zero-order valence-corrected chi connectivity index (χ0v) is 7.68. The second kappa shape index (κ2) is 2.67. The summed E-state index contributed by atoms with van der Waals surface area (Å²) in [4.78, 5) is 0. The fourth-order valence-electron chi connectivity index (χ4n) is 0.912. The summed E-state index contributed by atoms with van der Waals surface area (Å²) in [6.45, 7) is 2.06. The van der Waals surface area contributed by atoms with E-state index in [1.165, 1.54) is 11.3 Å². The molecule has 0 aliphatic rings. The lowest BCUT2D eigenvalue weighted by molar-refractivity contribution is 0.486. The number of nitrogens with zero attached hydrogens (tertiary/aromatic N) is 1. The number of hydrogen-bond donors (Lipinski definition) is 0. The van der Waals surface area contributed by atoms with Crippen LogP contribution in [0.2, 0.25) is 0 Å². The Morgan fingerprint density at radius 1 is 1.18 bits per heavy atom. The van der Waals surface area contributed by atoms with Crippen molar-refractivity contribution in [2.45, 2.75) is 6.92 Å². The van der Waals surface area contributed by atoms with Crippen molar-refractivity contribution in [3.05, 3.63) is 29.8 Å². The molecule has 0 spiro atoms. The molecule has 1 radical (unpaired) electrons. The predicted molar refractivity (Wildman–Crippen MR) is 49.6 cm³/mol. The van der Waals surface area contributed by atoms with Gasteiger partial charge < -0.3 is 0 Å². The summed E-state index contributed by atoms with van der Waals surface area (Å²) in [5.74, 6) is 0. The van der Waals surface area contributed by atoms with E-state index in [-0.39, 0.29) is 0 Å². The maximum absolute atomic E-state index is 3.19. The van der Waals surface area contributed by atoms with Gasteiger partial charge in [0.25, 0.3) is 0 Å². The van der Waals surface area contributed by atoms with Crippen molar-refractivity contribution < 1.29 is 0 Å². The molecule has 1 nitrogen and oxygen atoms in total. The van der Waals surface area contributed by atoms with Crippen LogP contribution in [0.3, 0.4) is 0 Å². The minimum Gasteiger partial charge on any atom is -0.298 e. The van der Waals surface area contributed by atoms with Gasteiger partial charge in [-0.15, -0.1) is 0 Å². The Labute approximate surface area is 68.9 Å².